The minimum Gasteiger partial charge on any atom is -0.456 e. The maximum Gasteiger partial charge on any atom is 0.329 e. The van der Waals surface area contributed by atoms with E-state index in [0.717, 1.165) is 30.0 Å². The number of cyclic esters (lactones) is 2. The van der Waals surface area contributed by atoms with Gasteiger partial charge in [-0.2, -0.15) is 12.6 Å². The van der Waals surface area contributed by atoms with Gasteiger partial charge in [0.15, 0.2) is 5.12 Å². The van der Waals surface area contributed by atoms with E-state index in [2.05, 4.69) is 54.5 Å². The van der Waals surface area contributed by atoms with Crippen LogP contribution in [-0.4, -0.2) is 98.3 Å². The zero-order valence-corrected chi connectivity index (χ0v) is 42.1. The van der Waals surface area contributed by atoms with Gasteiger partial charge in [0.25, 0.3) is 23.6 Å². The summed E-state index contributed by atoms with van der Waals surface area (Å²) in [7, 11) is 0. The Morgan fingerprint density at radius 1 is 0.690 bits per heavy atom. The molecule has 2 aliphatic rings. The van der Waals surface area contributed by atoms with Crippen LogP contribution in [0.25, 0.3) is 0 Å². The predicted molar refractivity (Wildman–Crippen MR) is 262 cm³/mol. The van der Waals surface area contributed by atoms with Crippen LogP contribution in [0.3, 0.4) is 0 Å². The molecular formula is C48H60F2N8O11S2. The van der Waals surface area contributed by atoms with Gasteiger partial charge in [-0.05, 0) is 80.7 Å². The Hall–Kier alpha value is -6.75. The van der Waals surface area contributed by atoms with Gasteiger partial charge in [-0.3, -0.25) is 33.6 Å². The lowest BCUT2D eigenvalue weighted by Crippen LogP contribution is -2.48. The molecule has 2 aromatic rings. The van der Waals surface area contributed by atoms with Crippen LogP contribution in [0.4, 0.5) is 8.78 Å². The lowest BCUT2D eigenvalue weighted by Gasteiger charge is -2.24. The number of thiol groups is 1. The molecule has 71 heavy (non-hydrogen) atoms. The van der Waals surface area contributed by atoms with Crippen LogP contribution in [0.1, 0.15) is 107 Å². The van der Waals surface area contributed by atoms with Crippen molar-refractivity contribution in [2.45, 2.75) is 112 Å². The topological polar surface area (TPSA) is 270 Å². The number of halogens is 2. The second kappa shape index (κ2) is 29.4. The van der Waals surface area contributed by atoms with Crippen LogP contribution >= 0.6 is 24.4 Å². The van der Waals surface area contributed by atoms with Gasteiger partial charge in [0, 0.05) is 12.7 Å². The van der Waals surface area contributed by atoms with Crippen LogP contribution in [0.15, 0.2) is 72.1 Å². The van der Waals surface area contributed by atoms with Crippen LogP contribution in [0.5, 0.6) is 0 Å². The highest BCUT2D eigenvalue weighted by Crippen LogP contribution is 2.16. The molecule has 6 amide bonds. The molecule has 4 heterocycles. The van der Waals surface area contributed by atoms with Crippen molar-refractivity contribution in [3.05, 3.63) is 107 Å². The molecule has 0 unspecified atom stereocenters. The summed E-state index contributed by atoms with van der Waals surface area (Å²) in [6.45, 7) is 10.8. The molecule has 0 spiro atoms. The van der Waals surface area contributed by atoms with E-state index in [9.17, 15) is 51.9 Å². The molecule has 384 valence electrons. The van der Waals surface area contributed by atoms with E-state index >= 15 is 0 Å². The highest BCUT2D eigenvalue weighted by atomic mass is 32.2. The lowest BCUT2D eigenvalue weighted by molar-refractivity contribution is -0.153. The monoisotopic (exact) mass is 1030 g/mol. The Morgan fingerprint density at radius 2 is 1.10 bits per heavy atom. The number of rotatable bonds is 9. The van der Waals surface area contributed by atoms with Crippen molar-refractivity contribution in [2.24, 2.45) is 11.8 Å². The molecule has 0 radical (unpaired) electrons. The van der Waals surface area contributed by atoms with Gasteiger partial charge in [-0.25, -0.2) is 28.3 Å². The first-order valence-electron chi connectivity index (χ1n) is 22.6. The van der Waals surface area contributed by atoms with E-state index in [1.807, 2.05) is 0 Å². The fourth-order valence-corrected chi connectivity index (χ4v) is 6.94. The number of fused-ring (bicyclic) bond motifs is 4. The number of hydrogen-bond donors (Lipinski definition) is 7. The molecule has 6 N–H and O–H groups in total. The van der Waals surface area contributed by atoms with Crippen molar-refractivity contribution in [2.75, 3.05) is 11.5 Å². The summed E-state index contributed by atoms with van der Waals surface area (Å²) in [4.78, 5) is 121. The van der Waals surface area contributed by atoms with Gasteiger partial charge < -0.3 is 41.4 Å². The van der Waals surface area contributed by atoms with Gasteiger partial charge in [-0.15, -0.1) is 0 Å². The first kappa shape index (κ1) is 58.6. The average molecular weight is 1030 g/mol. The second-order valence-corrected chi connectivity index (χ2v) is 18.1. The molecule has 4 atom stereocenters. The third kappa shape index (κ3) is 19.5. The summed E-state index contributed by atoms with van der Waals surface area (Å²) in [5, 5.41) is 15.0. The Bertz CT molecular complexity index is 2430. The number of carbonyl (C=O) groups excluding carboxylic acids is 9. The number of esters is 2. The summed E-state index contributed by atoms with van der Waals surface area (Å²) in [6, 6.07) is 2.32. The van der Waals surface area contributed by atoms with Crippen LogP contribution < -0.4 is 31.9 Å². The number of hydrogen-bond acceptors (Lipinski definition) is 15. The minimum atomic E-state index is -1.07. The largest absolute Gasteiger partial charge is 0.456 e. The minimum absolute atomic E-state index is 0.0268. The quantitative estimate of drug-likeness (QED) is 0.0617. The molecule has 0 fully saturated rings. The van der Waals surface area contributed by atoms with Crippen molar-refractivity contribution >= 4 is 76.9 Å². The summed E-state index contributed by atoms with van der Waals surface area (Å²) in [6.07, 6.45) is 7.96. The smallest absolute Gasteiger partial charge is 0.329 e. The third-order valence-electron chi connectivity index (χ3n) is 10.1. The Morgan fingerprint density at radius 3 is 1.46 bits per heavy atom. The molecule has 0 saturated carbocycles. The Labute approximate surface area is 420 Å². The number of nitrogens with one attached hydrogen (secondary N) is 6. The predicted octanol–water partition coefficient (Wildman–Crippen LogP) is 3.96. The Kier molecular flexibility index (Phi) is 24.3. The SMILES string of the molecule is C/C=C1\NC(=O)c2ccc(F)c(n2)CNC(=O)C[C@@H](/C=C/CCS)OC(=O)[C@H](C(C)C)NC1=O.C/C=C1\NC(=O)c2ccc(F)c(n2)CNC(=O)C[C@@H](/C=C/CCSC(C)=O)OC(=O)[C@H](C(C)C)NC1=O. The molecule has 0 saturated heterocycles. The number of amides is 6. The van der Waals surface area contributed by atoms with Crippen molar-refractivity contribution in [1.29, 1.82) is 0 Å². The van der Waals surface area contributed by atoms with Crippen molar-refractivity contribution < 1.29 is 61.4 Å². The van der Waals surface area contributed by atoms with E-state index in [1.54, 1.807) is 45.9 Å². The summed E-state index contributed by atoms with van der Waals surface area (Å²) in [5.74, 6) is -6.60. The van der Waals surface area contributed by atoms with E-state index < -0.39 is 83.3 Å². The average Bonchev–Trinajstić information content (AvgIpc) is 3.31. The van der Waals surface area contributed by atoms with Gasteiger partial charge in [-0.1, -0.05) is 63.8 Å². The van der Waals surface area contributed by atoms with E-state index in [4.69, 9.17) is 9.47 Å². The molecule has 2 aliphatic heterocycles. The molecule has 19 nitrogen and oxygen atoms in total. The maximum absolute atomic E-state index is 14.3. The summed E-state index contributed by atoms with van der Waals surface area (Å²) < 4.78 is 39.6. The first-order valence-corrected chi connectivity index (χ1v) is 24.2. The number of nitrogens with zero attached hydrogens (tertiary/aromatic N) is 2. The first-order chi connectivity index (χ1) is 33.7. The van der Waals surface area contributed by atoms with Crippen LogP contribution in [0.2, 0.25) is 0 Å². The molecular weight excluding hydrogens is 967 g/mol. The van der Waals surface area contributed by atoms with E-state index in [0.29, 0.717) is 24.3 Å². The number of pyridine rings is 2. The molecule has 0 aliphatic carbocycles. The third-order valence-corrected chi connectivity index (χ3v) is 11.2. The van der Waals surface area contributed by atoms with Gasteiger partial charge >= 0.3 is 11.9 Å². The lowest BCUT2D eigenvalue weighted by atomic mass is 10.0. The highest BCUT2D eigenvalue weighted by molar-refractivity contribution is 8.13. The molecule has 4 bridgehead atoms. The van der Waals surface area contributed by atoms with E-state index in [-0.39, 0.29) is 77.1 Å². The van der Waals surface area contributed by atoms with Crippen molar-refractivity contribution in [3.8, 4) is 0 Å². The normalized spacial score (nSPS) is 21.4. The van der Waals surface area contributed by atoms with Crippen molar-refractivity contribution in [1.82, 2.24) is 41.9 Å². The zero-order chi connectivity index (χ0) is 52.8. The van der Waals surface area contributed by atoms with Crippen LogP contribution in [-0.2, 0) is 56.1 Å². The standard InChI is InChI=1S/C25H31FN4O6S.C23H29FN4O5S/c1-5-18-23(33)30-22(14(2)3)25(35)36-16(8-6-7-11-37-15(4)31)12-21(32)27-13-20-17(26)9-10-19(28-20)24(34)29-18;1-4-16-21(30)28-20(13(2)3)23(32)33-14(7-5-6-10-34)11-19(29)25-12-18-15(24)8-9-17(26-18)22(31)27-16/h5-6,8-10,14,16,22H,7,11-13H2,1-4H3,(H,27,32)(H,29,34)(H,30,33);4-5,7-9,13-14,20,34H,6,10-12H2,1-3H3,(H,25,29)(H,27,31)(H,28,30)/b8-6+,18-5-;7-5+,16-4-/t16-,22+;14-,20+/m11/s1. The van der Waals surface area contributed by atoms with Gasteiger partial charge in [0.2, 0.25) is 11.8 Å². The molecule has 4 rings (SSSR count). The van der Waals surface area contributed by atoms with Gasteiger partial charge in [0.05, 0.1) is 37.3 Å². The summed E-state index contributed by atoms with van der Waals surface area (Å²) in [5.41, 5.74) is -0.868. The fourth-order valence-electron chi connectivity index (χ4n) is 6.25. The highest BCUT2D eigenvalue weighted by Gasteiger charge is 2.32. The summed E-state index contributed by atoms with van der Waals surface area (Å²) >= 11 is 5.27. The molecule has 2 aromatic heterocycles. The van der Waals surface area contributed by atoms with Crippen LogP contribution in [0, 0.1) is 23.5 Å². The number of thioether (sulfide) groups is 1. The number of allylic oxidation sites excluding steroid dienone is 4. The van der Waals surface area contributed by atoms with Crippen molar-refractivity contribution in [3.63, 3.8) is 0 Å². The maximum atomic E-state index is 14.3. The van der Waals surface area contributed by atoms with E-state index in [1.165, 1.54) is 45.1 Å². The Balaban J connectivity index is 0.000000377. The van der Waals surface area contributed by atoms with Gasteiger partial charge in [0.1, 0.15) is 58.7 Å². The number of aromatic nitrogens is 2. The second-order valence-electron chi connectivity index (χ2n) is 16.4. The number of carbonyl (C=O) groups is 9. The molecule has 0 aromatic carbocycles. The number of ether oxygens (including phenoxy) is 2. The molecule has 23 heteroatoms. The fraction of sp³-hybridized carbons (Fsp3) is 0.438. The zero-order valence-electron chi connectivity index (χ0n) is 40.4.